The normalized spacial score (nSPS) is 21.8. The van der Waals surface area contributed by atoms with Gasteiger partial charge in [0.05, 0.1) is 26.2 Å². The maximum Gasteiger partial charge on any atom is 0.122 e. The highest BCUT2D eigenvalue weighted by molar-refractivity contribution is 6.30. The summed E-state index contributed by atoms with van der Waals surface area (Å²) >= 11 is 5.95. The Kier molecular flexibility index (Phi) is 7.54. The zero-order chi connectivity index (χ0) is 15.8. The summed E-state index contributed by atoms with van der Waals surface area (Å²) in [6.07, 6.45) is 7.96. The van der Waals surface area contributed by atoms with Crippen molar-refractivity contribution in [2.75, 3.05) is 26.2 Å². The van der Waals surface area contributed by atoms with Gasteiger partial charge in [-0.25, -0.2) is 0 Å². The Labute approximate surface area is 140 Å². The van der Waals surface area contributed by atoms with Gasteiger partial charge in [0, 0.05) is 5.02 Å². The zero-order valence-electron chi connectivity index (χ0n) is 14.2. The van der Waals surface area contributed by atoms with Crippen LogP contribution < -0.4 is 9.64 Å². The van der Waals surface area contributed by atoms with Crippen molar-refractivity contribution >= 4 is 11.6 Å². The summed E-state index contributed by atoms with van der Waals surface area (Å²) in [6.45, 7) is 9.39. The van der Waals surface area contributed by atoms with E-state index in [-0.39, 0.29) is 0 Å². The molecule has 0 atom stereocenters. The predicted molar refractivity (Wildman–Crippen MR) is 94.1 cm³/mol. The van der Waals surface area contributed by atoms with Crippen LogP contribution in [0.2, 0.25) is 5.02 Å². The summed E-state index contributed by atoms with van der Waals surface area (Å²) in [4.78, 5) is 1.83. The van der Waals surface area contributed by atoms with E-state index in [4.69, 9.17) is 16.3 Å². The molecule has 1 aliphatic heterocycles. The summed E-state index contributed by atoms with van der Waals surface area (Å²) in [7, 11) is 0. The minimum atomic E-state index is 0.777. The molecule has 2 nitrogen and oxygen atoms in total. The molecule has 1 heterocycles. The number of aryl methyl sites for hydroxylation is 1. The summed E-state index contributed by atoms with van der Waals surface area (Å²) in [6, 6.07) is 5.82. The third-order valence-electron chi connectivity index (χ3n) is 4.80. The fourth-order valence-corrected chi connectivity index (χ4v) is 3.43. The molecule has 3 heteroatoms. The molecule has 0 spiro atoms. The summed E-state index contributed by atoms with van der Waals surface area (Å²) < 4.78 is 5.84. The SMILES string of the molecule is Cc1cc(Cl)ccc1OCCCCCC[NH+]1CCC(C)CC1. The van der Waals surface area contributed by atoms with Crippen LogP contribution in [-0.2, 0) is 0 Å². The predicted octanol–water partition coefficient (Wildman–Crippen LogP) is 3.90. The molecule has 0 bridgehead atoms. The monoisotopic (exact) mass is 324 g/mol. The third-order valence-corrected chi connectivity index (χ3v) is 5.04. The van der Waals surface area contributed by atoms with Gasteiger partial charge in [0.1, 0.15) is 5.75 Å². The fraction of sp³-hybridized carbons (Fsp3) is 0.684. The van der Waals surface area contributed by atoms with Gasteiger partial charge in [0.15, 0.2) is 0 Å². The number of quaternary nitrogens is 1. The molecule has 22 heavy (non-hydrogen) atoms. The molecule has 1 aromatic rings. The highest BCUT2D eigenvalue weighted by atomic mass is 35.5. The number of halogens is 1. The maximum absolute atomic E-state index is 5.95. The van der Waals surface area contributed by atoms with E-state index in [1.807, 2.05) is 30.0 Å². The van der Waals surface area contributed by atoms with E-state index in [0.29, 0.717) is 0 Å². The van der Waals surface area contributed by atoms with Gasteiger partial charge < -0.3 is 9.64 Å². The molecule has 0 unspecified atom stereocenters. The number of rotatable bonds is 8. The van der Waals surface area contributed by atoms with Crippen LogP contribution in [-0.4, -0.2) is 26.2 Å². The van der Waals surface area contributed by atoms with Gasteiger partial charge in [-0.2, -0.15) is 0 Å². The van der Waals surface area contributed by atoms with Gasteiger partial charge in [-0.15, -0.1) is 0 Å². The van der Waals surface area contributed by atoms with Crippen molar-refractivity contribution in [3.05, 3.63) is 28.8 Å². The first-order valence-corrected chi connectivity index (χ1v) is 9.25. The van der Waals surface area contributed by atoms with Crippen LogP contribution in [0.15, 0.2) is 18.2 Å². The highest BCUT2D eigenvalue weighted by Crippen LogP contribution is 2.22. The standard InChI is InChI=1S/C19H30ClNO/c1-16-9-12-21(13-10-16)11-5-3-4-6-14-22-19-8-7-18(20)15-17(19)2/h7-8,15-16H,3-6,9-14H2,1-2H3/p+1. The second kappa shape index (κ2) is 9.42. The molecular weight excluding hydrogens is 294 g/mol. The van der Waals surface area contributed by atoms with Gasteiger partial charge >= 0.3 is 0 Å². The molecular formula is C19H31ClNO+. The van der Waals surface area contributed by atoms with E-state index in [2.05, 4.69) is 6.92 Å². The minimum absolute atomic E-state index is 0.777. The molecule has 124 valence electrons. The van der Waals surface area contributed by atoms with Gasteiger partial charge in [0.2, 0.25) is 0 Å². The summed E-state index contributed by atoms with van der Waals surface area (Å²) in [5.74, 6) is 1.92. The molecule has 1 aliphatic rings. The van der Waals surface area contributed by atoms with E-state index in [9.17, 15) is 0 Å². The largest absolute Gasteiger partial charge is 0.493 e. The molecule has 1 fully saturated rings. The Morgan fingerprint density at radius 3 is 2.59 bits per heavy atom. The van der Waals surface area contributed by atoms with Crippen molar-refractivity contribution in [2.45, 2.75) is 52.4 Å². The van der Waals surface area contributed by atoms with E-state index < -0.39 is 0 Å². The topological polar surface area (TPSA) is 13.7 Å². The molecule has 2 rings (SSSR count). The zero-order valence-corrected chi connectivity index (χ0v) is 14.9. The average molecular weight is 325 g/mol. The summed E-state index contributed by atoms with van der Waals surface area (Å²) in [5.41, 5.74) is 1.12. The number of ether oxygens (including phenoxy) is 1. The van der Waals surface area contributed by atoms with Gasteiger partial charge in [-0.05, 0) is 75.1 Å². The van der Waals surface area contributed by atoms with Crippen molar-refractivity contribution in [3.8, 4) is 5.75 Å². The first-order chi connectivity index (χ1) is 10.6. The van der Waals surface area contributed by atoms with Crippen LogP contribution in [0.4, 0.5) is 0 Å². The number of hydrogen-bond acceptors (Lipinski definition) is 1. The lowest BCUT2D eigenvalue weighted by atomic mass is 9.99. The van der Waals surface area contributed by atoms with Crippen molar-refractivity contribution < 1.29 is 9.64 Å². The lowest BCUT2D eigenvalue weighted by Gasteiger charge is -2.27. The Hall–Kier alpha value is -0.730. The van der Waals surface area contributed by atoms with Crippen molar-refractivity contribution in [1.29, 1.82) is 0 Å². The van der Waals surface area contributed by atoms with Crippen LogP contribution in [0.1, 0.15) is 51.0 Å². The van der Waals surface area contributed by atoms with Crippen molar-refractivity contribution in [3.63, 3.8) is 0 Å². The quantitative estimate of drug-likeness (QED) is 0.716. The van der Waals surface area contributed by atoms with Crippen molar-refractivity contribution in [2.24, 2.45) is 5.92 Å². The fourth-order valence-electron chi connectivity index (χ4n) is 3.21. The molecule has 0 aliphatic carbocycles. The molecule has 1 N–H and O–H groups in total. The maximum atomic E-state index is 5.95. The second-order valence-electron chi connectivity index (χ2n) is 6.86. The van der Waals surface area contributed by atoms with Crippen LogP contribution in [0.25, 0.3) is 0 Å². The summed E-state index contributed by atoms with van der Waals surface area (Å²) in [5, 5.41) is 0.777. The number of likely N-dealkylation sites (tertiary alicyclic amines) is 1. The van der Waals surface area contributed by atoms with E-state index in [0.717, 1.165) is 35.3 Å². The number of piperidine rings is 1. The van der Waals surface area contributed by atoms with E-state index in [1.165, 1.54) is 51.7 Å². The Bertz CT molecular complexity index is 441. The lowest BCUT2D eigenvalue weighted by molar-refractivity contribution is -0.906. The Morgan fingerprint density at radius 2 is 1.86 bits per heavy atom. The van der Waals surface area contributed by atoms with Crippen LogP contribution in [0, 0.1) is 12.8 Å². The molecule has 0 aromatic heterocycles. The molecule has 1 aromatic carbocycles. The smallest absolute Gasteiger partial charge is 0.122 e. The average Bonchev–Trinajstić information content (AvgIpc) is 2.50. The van der Waals surface area contributed by atoms with E-state index in [1.54, 1.807) is 0 Å². The van der Waals surface area contributed by atoms with Crippen molar-refractivity contribution in [1.82, 2.24) is 0 Å². The third kappa shape index (κ3) is 6.18. The van der Waals surface area contributed by atoms with Crippen LogP contribution >= 0.6 is 11.6 Å². The molecule has 0 radical (unpaired) electrons. The molecule has 0 amide bonds. The van der Waals surface area contributed by atoms with Gasteiger partial charge in [-0.1, -0.05) is 18.5 Å². The Morgan fingerprint density at radius 1 is 1.14 bits per heavy atom. The first kappa shape index (κ1) is 17.6. The molecule has 0 saturated carbocycles. The highest BCUT2D eigenvalue weighted by Gasteiger charge is 2.17. The molecule has 1 saturated heterocycles. The Balaban J connectivity index is 1.49. The van der Waals surface area contributed by atoms with Gasteiger partial charge in [0.25, 0.3) is 0 Å². The number of unbranched alkanes of at least 4 members (excludes halogenated alkanes) is 3. The lowest BCUT2D eigenvalue weighted by Crippen LogP contribution is -3.13. The van der Waals surface area contributed by atoms with Crippen LogP contribution in [0.3, 0.4) is 0 Å². The van der Waals surface area contributed by atoms with Gasteiger partial charge in [-0.3, -0.25) is 0 Å². The van der Waals surface area contributed by atoms with Crippen LogP contribution in [0.5, 0.6) is 5.75 Å². The second-order valence-corrected chi connectivity index (χ2v) is 7.29. The minimum Gasteiger partial charge on any atom is -0.493 e. The number of benzene rings is 1. The first-order valence-electron chi connectivity index (χ1n) is 8.87. The number of hydrogen-bond donors (Lipinski definition) is 1. The van der Waals surface area contributed by atoms with E-state index >= 15 is 0 Å². The number of nitrogens with one attached hydrogen (secondary N) is 1.